The third kappa shape index (κ3) is 9.82. The van der Waals surface area contributed by atoms with E-state index in [2.05, 4.69) is 33.7 Å². The molecule has 1 rings (SSSR count). The van der Waals surface area contributed by atoms with Gasteiger partial charge in [-0.1, -0.05) is 0 Å². The average molecular weight is 344 g/mol. The molecule has 0 aromatic carbocycles. The first-order chi connectivity index (χ1) is 11.4. The Morgan fingerprint density at radius 3 is 1.21 bits per heavy atom. The van der Waals surface area contributed by atoms with E-state index in [1.165, 1.54) is 0 Å². The summed E-state index contributed by atoms with van der Waals surface area (Å²) in [5.74, 6) is -1.51. The Morgan fingerprint density at radius 2 is 0.958 bits per heavy atom. The fraction of sp³-hybridized carbons (Fsp3) is 0.875. The van der Waals surface area contributed by atoms with Crippen molar-refractivity contribution in [2.24, 2.45) is 0 Å². The summed E-state index contributed by atoms with van der Waals surface area (Å²) >= 11 is 0. The number of nitrogens with zero attached hydrogens (tertiary/aromatic N) is 4. The van der Waals surface area contributed by atoms with Gasteiger partial charge in [0, 0.05) is 65.4 Å². The van der Waals surface area contributed by atoms with E-state index in [1.54, 1.807) is 0 Å². The topological polar surface area (TPSA) is 87.6 Å². The van der Waals surface area contributed by atoms with Crippen molar-refractivity contribution in [3.8, 4) is 0 Å². The third-order valence-electron chi connectivity index (χ3n) is 4.48. The van der Waals surface area contributed by atoms with Crippen LogP contribution in [-0.2, 0) is 9.59 Å². The number of aliphatic carboxylic acids is 2. The number of hydrogen-bond acceptors (Lipinski definition) is 6. The maximum Gasteiger partial charge on any atom is 0.304 e. The van der Waals surface area contributed by atoms with Crippen LogP contribution in [0.5, 0.6) is 0 Å². The lowest BCUT2D eigenvalue weighted by molar-refractivity contribution is -0.138. The Hall–Kier alpha value is -1.22. The van der Waals surface area contributed by atoms with Crippen LogP contribution in [0.25, 0.3) is 0 Å². The van der Waals surface area contributed by atoms with Crippen LogP contribution in [0, 0.1) is 0 Å². The minimum Gasteiger partial charge on any atom is -0.481 e. The minimum absolute atomic E-state index is 0.177. The van der Waals surface area contributed by atoms with Crippen LogP contribution in [0.3, 0.4) is 0 Å². The Kier molecular flexibility index (Phi) is 9.85. The first-order valence-corrected chi connectivity index (χ1v) is 8.62. The molecular formula is C16H32N4O4. The number of carbonyl (C=O) groups is 2. The van der Waals surface area contributed by atoms with Crippen LogP contribution in [0.4, 0.5) is 0 Å². The first kappa shape index (κ1) is 20.8. The van der Waals surface area contributed by atoms with E-state index in [1.807, 2.05) is 0 Å². The van der Waals surface area contributed by atoms with Crippen molar-refractivity contribution in [2.75, 3.05) is 79.5 Å². The van der Waals surface area contributed by atoms with Crippen molar-refractivity contribution in [2.45, 2.75) is 12.8 Å². The predicted molar refractivity (Wildman–Crippen MR) is 92.4 cm³/mol. The Bertz CT molecular complexity index is 342. The van der Waals surface area contributed by atoms with E-state index < -0.39 is 11.9 Å². The highest BCUT2D eigenvalue weighted by Gasteiger charge is 2.14. The van der Waals surface area contributed by atoms with Gasteiger partial charge in [0.1, 0.15) is 0 Å². The number of carboxylic acid groups (broad SMARTS) is 2. The molecule has 140 valence electrons. The van der Waals surface area contributed by atoms with Crippen molar-refractivity contribution < 1.29 is 19.8 Å². The minimum atomic E-state index is -0.753. The van der Waals surface area contributed by atoms with Crippen molar-refractivity contribution in [1.82, 2.24) is 19.6 Å². The molecule has 0 radical (unpaired) electrons. The molecular weight excluding hydrogens is 312 g/mol. The highest BCUT2D eigenvalue weighted by Crippen LogP contribution is 2.00. The van der Waals surface area contributed by atoms with Crippen molar-refractivity contribution >= 4 is 11.9 Å². The molecule has 0 aromatic heterocycles. The van der Waals surface area contributed by atoms with E-state index in [-0.39, 0.29) is 12.8 Å². The lowest BCUT2D eigenvalue weighted by Crippen LogP contribution is -2.44. The summed E-state index contributed by atoms with van der Waals surface area (Å²) in [6, 6.07) is 0. The summed E-state index contributed by atoms with van der Waals surface area (Å²) in [7, 11) is 4.12. The van der Waals surface area contributed by atoms with Crippen molar-refractivity contribution in [3.63, 3.8) is 0 Å². The maximum atomic E-state index is 10.8. The molecule has 0 aliphatic carbocycles. The van der Waals surface area contributed by atoms with Gasteiger partial charge in [-0.25, -0.2) is 0 Å². The lowest BCUT2D eigenvalue weighted by atomic mass is 10.3. The van der Waals surface area contributed by atoms with Gasteiger partial charge in [-0.15, -0.1) is 0 Å². The summed E-state index contributed by atoms with van der Waals surface area (Å²) < 4.78 is 0. The summed E-state index contributed by atoms with van der Waals surface area (Å²) in [5.41, 5.74) is 0. The van der Waals surface area contributed by atoms with Crippen LogP contribution in [0.2, 0.25) is 0 Å². The molecule has 24 heavy (non-hydrogen) atoms. The largest absolute Gasteiger partial charge is 0.481 e. The van der Waals surface area contributed by atoms with Gasteiger partial charge in [0.15, 0.2) is 0 Å². The van der Waals surface area contributed by atoms with E-state index >= 15 is 0 Å². The second-order valence-electron chi connectivity index (χ2n) is 6.58. The number of rotatable bonds is 6. The molecule has 2 N–H and O–H groups in total. The molecule has 1 saturated heterocycles. The predicted octanol–water partition coefficient (Wildman–Crippen LogP) is -0.583. The SMILES string of the molecule is CN1CCN(CCC(=O)O)CCN(C)CCN(CCC(=O)O)CC1. The second-order valence-corrected chi connectivity index (χ2v) is 6.58. The monoisotopic (exact) mass is 344 g/mol. The van der Waals surface area contributed by atoms with Crippen molar-refractivity contribution in [3.05, 3.63) is 0 Å². The van der Waals surface area contributed by atoms with Gasteiger partial charge < -0.3 is 29.8 Å². The van der Waals surface area contributed by atoms with Gasteiger partial charge >= 0.3 is 11.9 Å². The fourth-order valence-electron chi connectivity index (χ4n) is 2.65. The number of hydrogen-bond donors (Lipinski definition) is 2. The molecule has 1 aliphatic heterocycles. The van der Waals surface area contributed by atoms with Crippen LogP contribution in [0.1, 0.15) is 12.8 Å². The number of likely N-dealkylation sites (N-methyl/N-ethyl adjacent to an activating group) is 2. The molecule has 0 amide bonds. The van der Waals surface area contributed by atoms with Crippen molar-refractivity contribution in [1.29, 1.82) is 0 Å². The first-order valence-electron chi connectivity index (χ1n) is 8.62. The smallest absolute Gasteiger partial charge is 0.304 e. The molecule has 0 bridgehead atoms. The van der Waals surface area contributed by atoms with E-state index in [0.717, 1.165) is 52.4 Å². The molecule has 8 heteroatoms. The summed E-state index contributed by atoms with van der Waals surface area (Å²) in [4.78, 5) is 30.5. The molecule has 8 nitrogen and oxygen atoms in total. The van der Waals surface area contributed by atoms with Gasteiger partial charge in [-0.3, -0.25) is 9.59 Å². The van der Waals surface area contributed by atoms with E-state index in [4.69, 9.17) is 10.2 Å². The van der Waals surface area contributed by atoms with Crippen LogP contribution in [0.15, 0.2) is 0 Å². The Morgan fingerprint density at radius 1 is 0.667 bits per heavy atom. The van der Waals surface area contributed by atoms with E-state index in [0.29, 0.717) is 13.1 Å². The summed E-state index contributed by atoms with van der Waals surface area (Å²) in [6.45, 7) is 8.13. The zero-order chi connectivity index (χ0) is 17.9. The highest BCUT2D eigenvalue weighted by atomic mass is 16.4. The van der Waals surface area contributed by atoms with E-state index in [9.17, 15) is 9.59 Å². The second kappa shape index (κ2) is 11.4. The number of carboxylic acids is 2. The molecule has 0 spiro atoms. The molecule has 0 aromatic rings. The zero-order valence-corrected chi connectivity index (χ0v) is 15.0. The summed E-state index contributed by atoms with van der Waals surface area (Å²) in [5, 5.41) is 17.8. The zero-order valence-electron chi connectivity index (χ0n) is 15.0. The summed E-state index contributed by atoms with van der Waals surface area (Å²) in [6.07, 6.45) is 0.354. The third-order valence-corrected chi connectivity index (χ3v) is 4.48. The van der Waals surface area contributed by atoms with Gasteiger partial charge in [0.05, 0.1) is 12.8 Å². The lowest BCUT2D eigenvalue weighted by Gasteiger charge is -2.31. The van der Waals surface area contributed by atoms with Gasteiger partial charge in [-0.2, -0.15) is 0 Å². The Labute approximate surface area is 144 Å². The molecule has 1 aliphatic rings. The van der Waals surface area contributed by atoms with Gasteiger partial charge in [0.25, 0.3) is 0 Å². The Balaban J connectivity index is 2.54. The highest BCUT2D eigenvalue weighted by molar-refractivity contribution is 5.67. The van der Waals surface area contributed by atoms with Crippen LogP contribution in [-0.4, -0.2) is 121 Å². The van der Waals surface area contributed by atoms with Crippen LogP contribution >= 0.6 is 0 Å². The quantitative estimate of drug-likeness (QED) is 0.662. The normalized spacial score (nSPS) is 21.1. The standard InChI is InChI=1S/C16H32N4O4/c1-17-7-11-19(5-3-15(21)22)13-9-18(2)10-14-20(12-8-17)6-4-16(23)24/h3-14H2,1-2H3,(H,21,22)(H,23,24). The van der Waals surface area contributed by atoms with Gasteiger partial charge in [0.2, 0.25) is 0 Å². The molecule has 0 atom stereocenters. The fourth-order valence-corrected chi connectivity index (χ4v) is 2.65. The molecule has 0 unspecified atom stereocenters. The molecule has 0 saturated carbocycles. The molecule has 1 heterocycles. The average Bonchev–Trinajstić information content (AvgIpc) is 2.51. The maximum absolute atomic E-state index is 10.8. The van der Waals surface area contributed by atoms with Crippen LogP contribution < -0.4 is 0 Å². The molecule has 1 fully saturated rings. The van der Waals surface area contributed by atoms with Gasteiger partial charge in [-0.05, 0) is 14.1 Å².